The molecule has 0 saturated carbocycles. The highest BCUT2D eigenvalue weighted by molar-refractivity contribution is 5.27. The number of nitro groups is 1. The van der Waals surface area contributed by atoms with Crippen LogP contribution in [0.4, 0.5) is 11.9 Å². The van der Waals surface area contributed by atoms with Gasteiger partial charge >= 0.3 is 5.95 Å². The minimum absolute atomic E-state index is 0.103. The Bertz CT molecular complexity index is 411. The zero-order valence-corrected chi connectivity index (χ0v) is 11.6. The van der Waals surface area contributed by atoms with Gasteiger partial charge in [0.05, 0.1) is 6.04 Å². The molecule has 2 atom stereocenters. The van der Waals surface area contributed by atoms with Gasteiger partial charge in [-0.25, -0.2) is 10.1 Å². The molecular formula is C10H19N7O2. The highest BCUT2D eigenvalue weighted by Crippen LogP contribution is 2.12. The summed E-state index contributed by atoms with van der Waals surface area (Å²) in [6, 6.07) is -0.136. The lowest BCUT2D eigenvalue weighted by Gasteiger charge is -2.17. The Labute approximate surface area is 111 Å². The summed E-state index contributed by atoms with van der Waals surface area (Å²) in [6.45, 7) is 7.56. The van der Waals surface area contributed by atoms with Gasteiger partial charge in [0.1, 0.15) is 0 Å². The topological polar surface area (TPSA) is 110 Å². The lowest BCUT2D eigenvalue weighted by Crippen LogP contribution is -2.39. The van der Waals surface area contributed by atoms with Crippen molar-refractivity contribution < 1.29 is 5.03 Å². The Morgan fingerprint density at radius 1 is 1.21 bits per heavy atom. The Morgan fingerprint density at radius 3 is 2.21 bits per heavy atom. The van der Waals surface area contributed by atoms with E-state index in [4.69, 9.17) is 0 Å². The Kier molecular flexibility index (Phi) is 5.34. The molecule has 1 N–H and O–H groups in total. The zero-order valence-electron chi connectivity index (χ0n) is 11.6. The third-order valence-electron chi connectivity index (χ3n) is 2.85. The fourth-order valence-electron chi connectivity index (χ4n) is 1.30. The van der Waals surface area contributed by atoms with Gasteiger partial charge in [-0.05, 0) is 26.7 Å². The van der Waals surface area contributed by atoms with E-state index in [1.54, 1.807) is 6.92 Å². The molecule has 1 aromatic heterocycles. The van der Waals surface area contributed by atoms with Crippen LogP contribution in [0.3, 0.4) is 0 Å². The normalized spacial score (nSPS) is 13.7. The van der Waals surface area contributed by atoms with E-state index in [0.717, 1.165) is 11.4 Å². The van der Waals surface area contributed by atoms with Crippen molar-refractivity contribution in [3.63, 3.8) is 0 Å². The van der Waals surface area contributed by atoms with E-state index < -0.39 is 5.03 Å². The van der Waals surface area contributed by atoms with Crippen LogP contribution in [0.1, 0.15) is 40.5 Å². The average Bonchev–Trinajstić information content (AvgIpc) is 2.40. The summed E-state index contributed by atoms with van der Waals surface area (Å²) in [6.07, 6.45) is 1.50. The summed E-state index contributed by atoms with van der Waals surface area (Å²) in [7, 11) is 0. The quantitative estimate of drug-likeness (QED) is 0.582. The van der Waals surface area contributed by atoms with Crippen molar-refractivity contribution in [1.29, 1.82) is 0 Å². The second-order valence-electron chi connectivity index (χ2n) is 4.32. The molecule has 0 aromatic carbocycles. The van der Waals surface area contributed by atoms with Gasteiger partial charge in [0.15, 0.2) is 5.03 Å². The number of nitrogens with one attached hydrogen (secondary N) is 1. The van der Waals surface area contributed by atoms with E-state index in [0.29, 0.717) is 6.42 Å². The highest BCUT2D eigenvalue weighted by atomic mass is 16.7. The van der Waals surface area contributed by atoms with E-state index in [1.807, 2.05) is 20.8 Å². The molecule has 0 bridgehead atoms. The fourth-order valence-corrected chi connectivity index (χ4v) is 1.30. The molecule has 1 rings (SSSR count). The van der Waals surface area contributed by atoms with Crippen molar-refractivity contribution in [2.45, 2.75) is 52.6 Å². The molecule has 0 aliphatic heterocycles. The molecule has 0 radical (unpaired) electrons. The molecule has 9 nitrogen and oxygen atoms in total. The largest absolute Gasteiger partial charge is 0.349 e. The van der Waals surface area contributed by atoms with Crippen LogP contribution in [0.2, 0.25) is 0 Å². The highest BCUT2D eigenvalue weighted by Gasteiger charge is 2.27. The second-order valence-corrected chi connectivity index (χ2v) is 4.32. The Morgan fingerprint density at radius 2 is 1.79 bits per heavy atom. The number of hydrogen-bond acceptors (Lipinski definition) is 7. The van der Waals surface area contributed by atoms with Gasteiger partial charge < -0.3 is 5.32 Å². The van der Waals surface area contributed by atoms with E-state index in [2.05, 4.69) is 25.7 Å². The minimum Gasteiger partial charge on any atom is -0.349 e. The predicted octanol–water partition coefficient (Wildman–Crippen LogP) is 1.27. The number of rotatable bonds is 7. The van der Waals surface area contributed by atoms with Crippen LogP contribution < -0.4 is 10.3 Å². The lowest BCUT2D eigenvalue weighted by molar-refractivity contribution is -0.501. The van der Waals surface area contributed by atoms with Crippen LogP contribution in [0.5, 0.6) is 0 Å². The molecule has 0 spiro atoms. The molecule has 0 aliphatic carbocycles. The SMILES string of the molecule is CC[C@@H](C)Nc1nnc(N([C@H](C)CC)[N+](=O)[O-])nn1. The van der Waals surface area contributed by atoms with E-state index in [1.165, 1.54) is 0 Å². The first-order valence-electron chi connectivity index (χ1n) is 6.27. The molecule has 1 heterocycles. The molecule has 106 valence electrons. The molecule has 0 amide bonds. The number of anilines is 2. The van der Waals surface area contributed by atoms with Crippen molar-refractivity contribution in [2.24, 2.45) is 0 Å². The van der Waals surface area contributed by atoms with Gasteiger partial charge in [0.25, 0.3) is 5.95 Å². The van der Waals surface area contributed by atoms with Crippen molar-refractivity contribution in [3.05, 3.63) is 10.1 Å². The Balaban J connectivity index is 2.86. The molecule has 0 saturated heterocycles. The van der Waals surface area contributed by atoms with Crippen LogP contribution >= 0.6 is 0 Å². The maximum Gasteiger partial charge on any atom is 0.326 e. The van der Waals surface area contributed by atoms with Crippen LogP contribution in [-0.4, -0.2) is 37.5 Å². The van der Waals surface area contributed by atoms with Crippen LogP contribution in [0.25, 0.3) is 0 Å². The lowest BCUT2D eigenvalue weighted by atomic mass is 10.2. The smallest absolute Gasteiger partial charge is 0.326 e. The number of aromatic nitrogens is 4. The van der Waals surface area contributed by atoms with Crippen LogP contribution in [-0.2, 0) is 0 Å². The van der Waals surface area contributed by atoms with Gasteiger partial charge in [-0.2, -0.15) is 0 Å². The third kappa shape index (κ3) is 3.97. The molecule has 0 aliphatic rings. The fraction of sp³-hybridized carbons (Fsp3) is 0.800. The second kappa shape index (κ2) is 6.76. The summed E-state index contributed by atoms with van der Waals surface area (Å²) >= 11 is 0. The number of nitrogens with zero attached hydrogens (tertiary/aromatic N) is 6. The van der Waals surface area contributed by atoms with Crippen molar-refractivity contribution in [3.8, 4) is 0 Å². The standard InChI is InChI=1S/C10H19N7O2/c1-5-7(3)11-9-12-14-10(15-13-9)16(17(18)19)8(4)6-2/h7-8H,5-6H2,1-4H3,(H,11,12,13)/t7-,8-/m1/s1. The molecule has 0 fully saturated rings. The van der Waals surface area contributed by atoms with Crippen molar-refractivity contribution >= 4 is 11.9 Å². The maximum absolute atomic E-state index is 11.0. The van der Waals surface area contributed by atoms with Crippen molar-refractivity contribution in [2.75, 3.05) is 10.3 Å². The first-order chi connectivity index (χ1) is 8.99. The van der Waals surface area contributed by atoms with Crippen molar-refractivity contribution in [1.82, 2.24) is 20.4 Å². The molecule has 0 unspecified atom stereocenters. The monoisotopic (exact) mass is 269 g/mol. The van der Waals surface area contributed by atoms with E-state index >= 15 is 0 Å². The van der Waals surface area contributed by atoms with Gasteiger partial charge in [0.2, 0.25) is 0 Å². The summed E-state index contributed by atoms with van der Waals surface area (Å²) in [5.74, 6) is 0.166. The molecule has 19 heavy (non-hydrogen) atoms. The summed E-state index contributed by atoms with van der Waals surface area (Å²) < 4.78 is 0. The molecule has 1 aromatic rings. The van der Waals surface area contributed by atoms with Crippen LogP contribution in [0.15, 0.2) is 0 Å². The van der Waals surface area contributed by atoms with Gasteiger partial charge in [0, 0.05) is 6.04 Å². The van der Waals surface area contributed by atoms with E-state index in [-0.39, 0.29) is 24.0 Å². The zero-order chi connectivity index (χ0) is 14.4. The minimum atomic E-state index is -0.547. The summed E-state index contributed by atoms with van der Waals surface area (Å²) in [5.41, 5.74) is 0. The maximum atomic E-state index is 11.0. The number of hydrogen-bond donors (Lipinski definition) is 1. The summed E-state index contributed by atoms with van der Waals surface area (Å²) in [5, 5.41) is 29.4. The van der Waals surface area contributed by atoms with Crippen LogP contribution in [0, 0.1) is 10.1 Å². The first kappa shape index (κ1) is 15.0. The third-order valence-corrected chi connectivity index (χ3v) is 2.85. The van der Waals surface area contributed by atoms with Gasteiger partial charge in [-0.1, -0.05) is 18.9 Å². The first-order valence-corrected chi connectivity index (χ1v) is 6.27. The van der Waals surface area contributed by atoms with Gasteiger partial charge in [-0.3, -0.25) is 0 Å². The molecule has 9 heteroatoms. The van der Waals surface area contributed by atoms with Gasteiger partial charge in [-0.15, -0.1) is 20.4 Å². The summed E-state index contributed by atoms with van der Waals surface area (Å²) in [4.78, 5) is 11.0. The predicted molar refractivity (Wildman–Crippen MR) is 70.2 cm³/mol. The van der Waals surface area contributed by atoms with E-state index in [9.17, 15) is 10.1 Å². The Hall–Kier alpha value is -2.06. The molecular weight excluding hydrogens is 250 g/mol. The average molecular weight is 269 g/mol. The number of hydrazine groups is 1.